The molecule has 4 saturated carbocycles. The van der Waals surface area contributed by atoms with Crippen LogP contribution in [0.4, 0.5) is 0 Å². The number of aliphatic hydroxyl groups is 2. The summed E-state index contributed by atoms with van der Waals surface area (Å²) in [5, 5.41) is 21.5. The number of rotatable bonds is 3. The number of hydrogen-bond acceptors (Lipinski definition) is 2. The molecule has 0 aromatic rings. The van der Waals surface area contributed by atoms with Crippen LogP contribution in [0.3, 0.4) is 0 Å². The summed E-state index contributed by atoms with van der Waals surface area (Å²) >= 11 is 0. The van der Waals surface area contributed by atoms with E-state index in [0.717, 1.165) is 48.9 Å². The van der Waals surface area contributed by atoms with Gasteiger partial charge in [-0.05, 0) is 67.6 Å². The second-order valence-corrected chi connectivity index (χ2v) is 10.3. The van der Waals surface area contributed by atoms with Gasteiger partial charge >= 0.3 is 0 Å². The fourth-order valence-corrected chi connectivity index (χ4v) is 7.76. The van der Waals surface area contributed by atoms with E-state index in [-0.39, 0.29) is 12.2 Å². The van der Waals surface area contributed by atoms with Gasteiger partial charge in [0.1, 0.15) is 0 Å². The van der Waals surface area contributed by atoms with Gasteiger partial charge in [0.15, 0.2) is 0 Å². The highest BCUT2D eigenvalue weighted by Gasteiger charge is 2.46. The molecule has 0 aromatic heterocycles. The lowest BCUT2D eigenvalue weighted by molar-refractivity contribution is -0.0713. The Kier molecular flexibility index (Phi) is 6.62. The quantitative estimate of drug-likeness (QED) is 0.676. The lowest BCUT2D eigenvalue weighted by Crippen LogP contribution is -2.46. The van der Waals surface area contributed by atoms with Gasteiger partial charge in [0.25, 0.3) is 0 Å². The second kappa shape index (κ2) is 8.95. The Morgan fingerprint density at radius 1 is 0.462 bits per heavy atom. The summed E-state index contributed by atoms with van der Waals surface area (Å²) in [6.45, 7) is 0. The minimum Gasteiger partial charge on any atom is -0.393 e. The predicted molar refractivity (Wildman–Crippen MR) is 107 cm³/mol. The molecule has 0 aliphatic heterocycles. The molecule has 4 aliphatic carbocycles. The molecule has 150 valence electrons. The average Bonchev–Trinajstić information content (AvgIpc) is 2.69. The fraction of sp³-hybridized carbons (Fsp3) is 1.00. The zero-order chi connectivity index (χ0) is 17.9. The molecule has 2 heteroatoms. The van der Waals surface area contributed by atoms with Crippen molar-refractivity contribution in [3.63, 3.8) is 0 Å². The van der Waals surface area contributed by atoms with Crippen LogP contribution in [0.25, 0.3) is 0 Å². The van der Waals surface area contributed by atoms with E-state index in [0.29, 0.717) is 5.92 Å². The van der Waals surface area contributed by atoms with E-state index in [2.05, 4.69) is 0 Å². The molecule has 0 saturated heterocycles. The Labute approximate surface area is 161 Å². The summed E-state index contributed by atoms with van der Waals surface area (Å²) < 4.78 is 0. The molecular formula is C24H42O2. The largest absolute Gasteiger partial charge is 0.393 e. The third kappa shape index (κ3) is 4.17. The minimum absolute atomic E-state index is 0.0456. The van der Waals surface area contributed by atoms with Crippen molar-refractivity contribution in [1.29, 1.82) is 0 Å². The maximum atomic E-state index is 11.0. The molecule has 4 rings (SSSR count). The van der Waals surface area contributed by atoms with Crippen molar-refractivity contribution >= 4 is 0 Å². The van der Waals surface area contributed by atoms with Crippen molar-refractivity contribution in [2.24, 2.45) is 35.5 Å². The van der Waals surface area contributed by atoms with Crippen LogP contribution in [-0.2, 0) is 0 Å². The van der Waals surface area contributed by atoms with Gasteiger partial charge in [0.2, 0.25) is 0 Å². The van der Waals surface area contributed by atoms with Crippen molar-refractivity contribution in [3.05, 3.63) is 0 Å². The summed E-state index contributed by atoms with van der Waals surface area (Å²) in [6.07, 6.45) is 20.7. The highest BCUT2D eigenvalue weighted by molar-refractivity contribution is 4.96. The average molecular weight is 363 g/mol. The van der Waals surface area contributed by atoms with Crippen LogP contribution < -0.4 is 0 Å². The molecular weight excluding hydrogens is 320 g/mol. The van der Waals surface area contributed by atoms with Crippen molar-refractivity contribution < 1.29 is 10.2 Å². The van der Waals surface area contributed by atoms with Gasteiger partial charge in [0.05, 0.1) is 12.2 Å². The number of hydrogen-bond donors (Lipinski definition) is 2. The Hall–Kier alpha value is -0.0800. The zero-order valence-corrected chi connectivity index (χ0v) is 16.8. The van der Waals surface area contributed by atoms with Gasteiger partial charge in [-0.2, -0.15) is 0 Å². The highest BCUT2D eigenvalue weighted by atomic mass is 16.3. The molecule has 4 aliphatic rings. The summed E-state index contributed by atoms with van der Waals surface area (Å²) in [5.41, 5.74) is 0. The third-order valence-corrected chi connectivity index (χ3v) is 8.90. The van der Waals surface area contributed by atoms with Crippen LogP contribution >= 0.6 is 0 Å². The van der Waals surface area contributed by atoms with Crippen LogP contribution in [-0.4, -0.2) is 22.4 Å². The van der Waals surface area contributed by atoms with E-state index in [1.165, 1.54) is 83.5 Å². The standard InChI is InChI=1S/C24H42O2/c25-19-14-15-20(22(16-19)17-8-3-1-4-9-17)21-12-7-13-23(26)24(21)18-10-5-2-6-11-18/h17-26H,1-16H2. The van der Waals surface area contributed by atoms with Gasteiger partial charge in [0, 0.05) is 0 Å². The second-order valence-electron chi connectivity index (χ2n) is 10.3. The van der Waals surface area contributed by atoms with E-state index in [1.807, 2.05) is 0 Å². The van der Waals surface area contributed by atoms with Gasteiger partial charge in [-0.25, -0.2) is 0 Å². The normalized spacial score (nSPS) is 44.1. The fourth-order valence-electron chi connectivity index (χ4n) is 7.76. The first-order valence-corrected chi connectivity index (χ1v) is 12.1. The molecule has 2 N–H and O–H groups in total. The van der Waals surface area contributed by atoms with Crippen molar-refractivity contribution in [2.75, 3.05) is 0 Å². The van der Waals surface area contributed by atoms with Crippen LogP contribution in [0.15, 0.2) is 0 Å². The van der Waals surface area contributed by atoms with Crippen molar-refractivity contribution in [3.8, 4) is 0 Å². The van der Waals surface area contributed by atoms with E-state index in [4.69, 9.17) is 0 Å². The molecule has 0 spiro atoms. The van der Waals surface area contributed by atoms with E-state index in [9.17, 15) is 10.2 Å². The molecule has 0 aromatic carbocycles. The molecule has 26 heavy (non-hydrogen) atoms. The van der Waals surface area contributed by atoms with Gasteiger partial charge in [-0.3, -0.25) is 0 Å². The Morgan fingerprint density at radius 3 is 1.81 bits per heavy atom. The lowest BCUT2D eigenvalue weighted by Gasteiger charge is -2.51. The lowest BCUT2D eigenvalue weighted by atomic mass is 9.56. The molecule has 0 bridgehead atoms. The molecule has 4 fully saturated rings. The van der Waals surface area contributed by atoms with Crippen LogP contribution in [0, 0.1) is 35.5 Å². The first kappa shape index (κ1) is 19.2. The maximum Gasteiger partial charge on any atom is 0.0573 e. The Bertz CT molecular complexity index is 424. The van der Waals surface area contributed by atoms with Gasteiger partial charge in [-0.15, -0.1) is 0 Å². The zero-order valence-electron chi connectivity index (χ0n) is 16.8. The molecule has 6 unspecified atom stereocenters. The van der Waals surface area contributed by atoms with E-state index < -0.39 is 0 Å². The summed E-state index contributed by atoms with van der Waals surface area (Å²) in [7, 11) is 0. The molecule has 0 radical (unpaired) electrons. The Balaban J connectivity index is 1.54. The number of aliphatic hydroxyl groups excluding tert-OH is 2. The minimum atomic E-state index is -0.0557. The van der Waals surface area contributed by atoms with E-state index in [1.54, 1.807) is 0 Å². The van der Waals surface area contributed by atoms with Gasteiger partial charge < -0.3 is 10.2 Å². The third-order valence-electron chi connectivity index (χ3n) is 8.90. The predicted octanol–water partition coefficient (Wildman–Crippen LogP) is 5.70. The van der Waals surface area contributed by atoms with Crippen LogP contribution in [0.5, 0.6) is 0 Å². The van der Waals surface area contributed by atoms with E-state index >= 15 is 0 Å². The van der Waals surface area contributed by atoms with Gasteiger partial charge in [-0.1, -0.05) is 70.6 Å². The summed E-state index contributed by atoms with van der Waals surface area (Å²) in [4.78, 5) is 0. The van der Waals surface area contributed by atoms with Crippen LogP contribution in [0.2, 0.25) is 0 Å². The van der Waals surface area contributed by atoms with Crippen molar-refractivity contribution in [1.82, 2.24) is 0 Å². The SMILES string of the molecule is OC1CCC(C2CCCC(O)C2C2CCCCC2)C(C2CCCCC2)C1. The summed E-state index contributed by atoms with van der Waals surface area (Å²) in [6, 6.07) is 0. The first-order chi connectivity index (χ1) is 12.7. The molecule has 0 heterocycles. The van der Waals surface area contributed by atoms with Crippen molar-refractivity contribution in [2.45, 2.75) is 115 Å². The monoisotopic (exact) mass is 362 g/mol. The first-order valence-electron chi connectivity index (χ1n) is 12.1. The molecule has 2 nitrogen and oxygen atoms in total. The molecule has 6 atom stereocenters. The highest BCUT2D eigenvalue weighted by Crippen LogP contribution is 2.52. The topological polar surface area (TPSA) is 40.5 Å². The smallest absolute Gasteiger partial charge is 0.0573 e. The van der Waals surface area contributed by atoms with Crippen LogP contribution in [0.1, 0.15) is 103 Å². The molecule has 0 amide bonds. The summed E-state index contributed by atoms with van der Waals surface area (Å²) in [5.74, 6) is 4.46. The maximum absolute atomic E-state index is 11.0. The Morgan fingerprint density at radius 2 is 1.12 bits per heavy atom.